The van der Waals surface area contributed by atoms with E-state index >= 15 is 0 Å². The van der Waals surface area contributed by atoms with Crippen LogP contribution in [0.5, 0.6) is 0 Å². The second-order valence-corrected chi connectivity index (χ2v) is 14.3. The Hall–Kier alpha value is -7.76. The molecular formula is C52H33N5. The number of nitrogens with zero attached hydrogens (tertiary/aromatic N) is 5. The molecule has 0 saturated heterocycles. The number of para-hydroxylation sites is 1. The van der Waals surface area contributed by atoms with E-state index in [1.54, 1.807) is 6.20 Å². The summed E-state index contributed by atoms with van der Waals surface area (Å²) in [6.07, 6.45) is 7.47. The fourth-order valence-corrected chi connectivity index (χ4v) is 8.44. The molecule has 0 atom stereocenters. The Labute approximate surface area is 329 Å². The fraction of sp³-hybridized carbons (Fsp3) is 0. The summed E-state index contributed by atoms with van der Waals surface area (Å²) >= 11 is 0. The van der Waals surface area contributed by atoms with Gasteiger partial charge in [0.2, 0.25) is 0 Å². The van der Waals surface area contributed by atoms with Gasteiger partial charge in [0.25, 0.3) is 0 Å². The monoisotopic (exact) mass is 727 g/mol. The third-order valence-corrected chi connectivity index (χ3v) is 11.0. The molecule has 0 aliphatic heterocycles. The van der Waals surface area contributed by atoms with E-state index in [0.717, 1.165) is 61.1 Å². The highest BCUT2D eigenvalue weighted by atomic mass is 15.0. The Morgan fingerprint density at radius 1 is 0.333 bits per heavy atom. The van der Waals surface area contributed by atoms with Crippen molar-refractivity contribution in [2.45, 2.75) is 0 Å². The van der Waals surface area contributed by atoms with Crippen LogP contribution >= 0.6 is 0 Å². The summed E-state index contributed by atoms with van der Waals surface area (Å²) in [7, 11) is 0. The van der Waals surface area contributed by atoms with Gasteiger partial charge in [0.05, 0.1) is 22.4 Å². The Bertz CT molecular complexity index is 3230. The summed E-state index contributed by atoms with van der Waals surface area (Å²) in [4.78, 5) is 19.5. The first-order valence-electron chi connectivity index (χ1n) is 19.1. The topological polar surface area (TPSA) is 56.5 Å². The molecule has 0 fully saturated rings. The number of pyridine rings is 2. The average molecular weight is 728 g/mol. The summed E-state index contributed by atoms with van der Waals surface area (Å²) < 4.78 is 2.30. The molecule has 5 heteroatoms. The molecule has 5 nitrogen and oxygen atoms in total. The molecule has 0 radical (unpaired) electrons. The van der Waals surface area contributed by atoms with Crippen LogP contribution in [0.15, 0.2) is 201 Å². The zero-order valence-corrected chi connectivity index (χ0v) is 30.8. The molecule has 4 aromatic heterocycles. The van der Waals surface area contributed by atoms with Gasteiger partial charge < -0.3 is 4.57 Å². The minimum absolute atomic E-state index is 0.649. The number of fused-ring (bicyclic) bond motifs is 5. The van der Waals surface area contributed by atoms with Gasteiger partial charge >= 0.3 is 0 Å². The average Bonchev–Trinajstić information content (AvgIpc) is 3.62. The molecule has 0 aliphatic carbocycles. The van der Waals surface area contributed by atoms with Gasteiger partial charge in [-0.1, -0.05) is 121 Å². The second kappa shape index (κ2) is 13.5. The summed E-state index contributed by atoms with van der Waals surface area (Å²) in [5, 5.41) is 7.05. The summed E-state index contributed by atoms with van der Waals surface area (Å²) in [5.41, 5.74) is 12.6. The van der Waals surface area contributed by atoms with E-state index in [1.807, 2.05) is 36.8 Å². The first-order valence-corrected chi connectivity index (χ1v) is 19.1. The zero-order chi connectivity index (χ0) is 37.7. The van der Waals surface area contributed by atoms with E-state index in [2.05, 4.69) is 172 Å². The van der Waals surface area contributed by atoms with Crippen LogP contribution in [0.1, 0.15) is 0 Å². The predicted molar refractivity (Wildman–Crippen MR) is 234 cm³/mol. The Morgan fingerprint density at radius 2 is 0.912 bits per heavy atom. The minimum atomic E-state index is 0.649. The first kappa shape index (κ1) is 32.7. The van der Waals surface area contributed by atoms with Crippen LogP contribution in [0, 0.1) is 0 Å². The van der Waals surface area contributed by atoms with Crippen molar-refractivity contribution in [2.24, 2.45) is 0 Å². The van der Waals surface area contributed by atoms with E-state index in [0.29, 0.717) is 5.82 Å². The van der Waals surface area contributed by atoms with E-state index in [1.165, 1.54) is 38.2 Å². The molecule has 0 aliphatic rings. The number of hydrogen-bond acceptors (Lipinski definition) is 4. The standard InChI is InChI=1S/C52H33N5/c1-3-13-34(14-4-1)50-40-20-7-9-22-42(40)51(43-23-10-8-21-41(43)50)36-15-11-16-37(29-36)52-55-46(31-47(56-52)38-17-12-27-53-32-38)35-24-25-48-44(30-35)45-33-54-28-26-49(45)57(48)39-18-5-2-6-19-39/h1-33H. The van der Waals surface area contributed by atoms with Crippen molar-refractivity contribution in [3.63, 3.8) is 0 Å². The van der Waals surface area contributed by atoms with Crippen molar-refractivity contribution in [1.82, 2.24) is 24.5 Å². The number of hydrogen-bond donors (Lipinski definition) is 0. The molecule has 57 heavy (non-hydrogen) atoms. The fourth-order valence-electron chi connectivity index (χ4n) is 8.44. The third kappa shape index (κ3) is 5.56. The summed E-state index contributed by atoms with van der Waals surface area (Å²) in [6, 6.07) is 62.1. The Morgan fingerprint density at radius 3 is 1.61 bits per heavy atom. The highest BCUT2D eigenvalue weighted by Gasteiger charge is 2.19. The van der Waals surface area contributed by atoms with Crippen molar-refractivity contribution in [3.8, 4) is 61.8 Å². The molecule has 7 aromatic carbocycles. The molecule has 0 unspecified atom stereocenters. The maximum atomic E-state index is 5.31. The summed E-state index contributed by atoms with van der Waals surface area (Å²) in [6.45, 7) is 0. The van der Waals surface area contributed by atoms with Crippen molar-refractivity contribution in [1.29, 1.82) is 0 Å². The van der Waals surface area contributed by atoms with E-state index in [-0.39, 0.29) is 0 Å². The zero-order valence-electron chi connectivity index (χ0n) is 30.8. The van der Waals surface area contributed by atoms with Gasteiger partial charge in [-0.15, -0.1) is 0 Å². The van der Waals surface area contributed by atoms with Crippen LogP contribution in [0.2, 0.25) is 0 Å². The molecule has 11 rings (SSSR count). The highest BCUT2D eigenvalue weighted by molar-refractivity contribution is 6.21. The third-order valence-electron chi connectivity index (χ3n) is 11.0. The lowest BCUT2D eigenvalue weighted by atomic mass is 9.85. The quantitative estimate of drug-likeness (QED) is 0.160. The lowest BCUT2D eigenvalue weighted by Crippen LogP contribution is -1.97. The van der Waals surface area contributed by atoms with Gasteiger partial charge in [-0.2, -0.15) is 0 Å². The maximum absolute atomic E-state index is 5.31. The molecule has 0 saturated carbocycles. The lowest BCUT2D eigenvalue weighted by molar-refractivity contribution is 1.17. The maximum Gasteiger partial charge on any atom is 0.160 e. The van der Waals surface area contributed by atoms with Crippen LogP contribution in [0.4, 0.5) is 0 Å². The van der Waals surface area contributed by atoms with Gasteiger partial charge in [0.15, 0.2) is 5.82 Å². The normalized spacial score (nSPS) is 11.5. The van der Waals surface area contributed by atoms with Crippen LogP contribution in [0.25, 0.3) is 105 Å². The van der Waals surface area contributed by atoms with Gasteiger partial charge in [-0.25, -0.2) is 9.97 Å². The second-order valence-electron chi connectivity index (χ2n) is 14.3. The van der Waals surface area contributed by atoms with Gasteiger partial charge in [-0.3, -0.25) is 9.97 Å². The van der Waals surface area contributed by atoms with Gasteiger partial charge in [0.1, 0.15) is 0 Å². The van der Waals surface area contributed by atoms with Crippen LogP contribution in [-0.2, 0) is 0 Å². The lowest BCUT2D eigenvalue weighted by Gasteiger charge is -2.18. The van der Waals surface area contributed by atoms with Crippen LogP contribution in [0.3, 0.4) is 0 Å². The molecule has 11 aromatic rings. The first-order chi connectivity index (χ1) is 28.3. The number of rotatable bonds is 6. The van der Waals surface area contributed by atoms with Gasteiger partial charge in [-0.05, 0) is 98.4 Å². The van der Waals surface area contributed by atoms with E-state index in [9.17, 15) is 0 Å². The molecule has 266 valence electrons. The molecule has 4 heterocycles. The SMILES string of the molecule is c1ccc(-c2c3ccccc3c(-c3cccc(-c4nc(-c5cccnc5)cc(-c5ccc6c(c5)c5cnccc5n6-c5ccccc5)n4)c3)c3ccccc23)cc1. The largest absolute Gasteiger partial charge is 0.309 e. The van der Waals surface area contributed by atoms with E-state index < -0.39 is 0 Å². The molecule has 0 bridgehead atoms. The van der Waals surface area contributed by atoms with Crippen molar-refractivity contribution >= 4 is 43.4 Å². The Kier molecular flexibility index (Phi) is 7.74. The van der Waals surface area contributed by atoms with E-state index in [4.69, 9.17) is 9.97 Å². The van der Waals surface area contributed by atoms with Crippen molar-refractivity contribution in [3.05, 3.63) is 201 Å². The molecule has 0 amide bonds. The van der Waals surface area contributed by atoms with Crippen LogP contribution < -0.4 is 0 Å². The number of benzene rings is 7. The van der Waals surface area contributed by atoms with Crippen molar-refractivity contribution in [2.75, 3.05) is 0 Å². The molecule has 0 N–H and O–H groups in total. The van der Waals surface area contributed by atoms with Crippen molar-refractivity contribution < 1.29 is 0 Å². The molecule has 0 spiro atoms. The molecular weight excluding hydrogens is 695 g/mol. The minimum Gasteiger partial charge on any atom is -0.309 e. The van der Waals surface area contributed by atoms with Crippen LogP contribution in [-0.4, -0.2) is 24.5 Å². The summed E-state index contributed by atoms with van der Waals surface area (Å²) in [5.74, 6) is 0.649. The Balaban J connectivity index is 1.11. The predicted octanol–water partition coefficient (Wildman–Crippen LogP) is 13.0. The van der Waals surface area contributed by atoms with Gasteiger partial charge in [0, 0.05) is 57.9 Å². The number of aromatic nitrogens is 5. The highest BCUT2D eigenvalue weighted by Crippen LogP contribution is 2.44. The smallest absolute Gasteiger partial charge is 0.160 e.